The Morgan fingerprint density at radius 3 is 2.76 bits per heavy atom. The van der Waals surface area contributed by atoms with Crippen LogP contribution in [0.25, 0.3) is 11.7 Å². The molecule has 1 aliphatic rings. The molecule has 0 N–H and O–H groups in total. The summed E-state index contributed by atoms with van der Waals surface area (Å²) in [7, 11) is 0. The topological polar surface area (TPSA) is 68.7 Å². The molecule has 6 nitrogen and oxygen atoms in total. The highest BCUT2D eigenvalue weighted by Gasteiger charge is 2.25. The van der Waals surface area contributed by atoms with Gasteiger partial charge in [-0.1, -0.05) is 18.2 Å². The van der Waals surface area contributed by atoms with Crippen LogP contribution in [0.1, 0.15) is 29.9 Å². The zero-order valence-corrected chi connectivity index (χ0v) is 16.3. The number of likely N-dealkylation sites (tertiary alicyclic amines) is 1. The van der Waals surface area contributed by atoms with Crippen LogP contribution in [-0.4, -0.2) is 35.0 Å². The van der Waals surface area contributed by atoms with E-state index >= 15 is 0 Å². The highest BCUT2D eigenvalue weighted by molar-refractivity contribution is 5.78. The summed E-state index contributed by atoms with van der Waals surface area (Å²) in [6.07, 6.45) is 3.23. The molecule has 0 unspecified atom stereocenters. The van der Waals surface area contributed by atoms with Gasteiger partial charge in [0.15, 0.2) is 5.76 Å². The molecule has 1 saturated heterocycles. The maximum absolute atomic E-state index is 13.7. The normalized spacial score (nSPS) is 15.0. The molecule has 2 aromatic heterocycles. The summed E-state index contributed by atoms with van der Waals surface area (Å²) in [4.78, 5) is 18.9. The number of halogens is 1. The van der Waals surface area contributed by atoms with E-state index in [9.17, 15) is 9.18 Å². The molecular weight excluding hydrogens is 375 g/mol. The van der Waals surface area contributed by atoms with Crippen molar-refractivity contribution >= 4 is 5.91 Å². The highest BCUT2D eigenvalue weighted by Crippen LogP contribution is 2.23. The lowest BCUT2D eigenvalue weighted by Gasteiger charge is -2.32. The first kappa shape index (κ1) is 19.4. The van der Waals surface area contributed by atoms with Crippen molar-refractivity contribution < 1.29 is 22.8 Å². The van der Waals surface area contributed by atoms with E-state index in [1.54, 1.807) is 43.5 Å². The Morgan fingerprint density at radius 1 is 1.24 bits per heavy atom. The van der Waals surface area contributed by atoms with Crippen molar-refractivity contribution in [2.24, 2.45) is 0 Å². The summed E-state index contributed by atoms with van der Waals surface area (Å²) in [6.45, 7) is 3.27. The van der Waals surface area contributed by atoms with Gasteiger partial charge in [0.05, 0.1) is 31.1 Å². The molecule has 0 bridgehead atoms. The molecule has 1 fully saturated rings. The number of carbonyl (C=O) groups is 1. The molecule has 1 aliphatic heterocycles. The Kier molecular flexibility index (Phi) is 5.76. The van der Waals surface area contributed by atoms with E-state index in [1.165, 1.54) is 6.07 Å². The summed E-state index contributed by atoms with van der Waals surface area (Å²) in [5.74, 6) is 1.31. The van der Waals surface area contributed by atoms with Gasteiger partial charge in [-0.25, -0.2) is 9.37 Å². The predicted molar refractivity (Wildman–Crippen MR) is 103 cm³/mol. The minimum absolute atomic E-state index is 0.0138. The molecule has 1 aromatic carbocycles. The second-order valence-corrected chi connectivity index (χ2v) is 7.16. The minimum Gasteiger partial charge on any atom is -0.459 e. The number of amides is 1. The SMILES string of the molecule is Cc1oc(-c2ccco2)nc1CC(=O)N1CCC(OCc2ccccc2F)CC1. The molecule has 152 valence electrons. The van der Waals surface area contributed by atoms with Gasteiger partial charge in [-0.3, -0.25) is 4.79 Å². The van der Waals surface area contributed by atoms with E-state index in [0.29, 0.717) is 41.8 Å². The zero-order chi connectivity index (χ0) is 20.2. The zero-order valence-electron chi connectivity index (χ0n) is 16.3. The third-order valence-corrected chi connectivity index (χ3v) is 5.17. The number of benzene rings is 1. The number of rotatable bonds is 6. The Hall–Kier alpha value is -2.93. The van der Waals surface area contributed by atoms with E-state index in [4.69, 9.17) is 13.6 Å². The van der Waals surface area contributed by atoms with E-state index in [2.05, 4.69) is 4.98 Å². The van der Waals surface area contributed by atoms with Crippen LogP contribution in [0.3, 0.4) is 0 Å². The van der Waals surface area contributed by atoms with E-state index in [-0.39, 0.29) is 30.9 Å². The van der Waals surface area contributed by atoms with Crippen molar-refractivity contribution in [3.63, 3.8) is 0 Å². The monoisotopic (exact) mass is 398 g/mol. The van der Waals surface area contributed by atoms with Gasteiger partial charge in [-0.05, 0) is 38.0 Å². The van der Waals surface area contributed by atoms with Crippen LogP contribution >= 0.6 is 0 Å². The van der Waals surface area contributed by atoms with Crippen molar-refractivity contribution in [2.45, 2.75) is 38.9 Å². The third-order valence-electron chi connectivity index (χ3n) is 5.17. The predicted octanol–water partition coefficient (Wildman–Crippen LogP) is 4.13. The third kappa shape index (κ3) is 4.56. The lowest BCUT2D eigenvalue weighted by Crippen LogP contribution is -2.41. The second-order valence-electron chi connectivity index (χ2n) is 7.16. The number of aryl methyl sites for hydroxylation is 1. The van der Waals surface area contributed by atoms with E-state index < -0.39 is 0 Å². The van der Waals surface area contributed by atoms with E-state index in [1.807, 2.05) is 4.90 Å². The van der Waals surface area contributed by atoms with Crippen LogP contribution in [0.2, 0.25) is 0 Å². The van der Waals surface area contributed by atoms with Crippen LogP contribution in [-0.2, 0) is 22.6 Å². The molecule has 0 radical (unpaired) electrons. The first-order chi connectivity index (χ1) is 14.1. The average molecular weight is 398 g/mol. The summed E-state index contributed by atoms with van der Waals surface area (Å²) in [5, 5.41) is 0. The molecule has 3 heterocycles. The van der Waals surface area contributed by atoms with Gasteiger partial charge in [-0.15, -0.1) is 0 Å². The maximum Gasteiger partial charge on any atom is 0.263 e. The number of carbonyl (C=O) groups excluding carboxylic acids is 1. The number of piperidine rings is 1. The molecule has 0 aliphatic carbocycles. The standard InChI is InChI=1S/C22H23FN2O4/c1-15-19(24-22(29-15)20-7-4-12-27-20)13-21(26)25-10-8-17(9-11-25)28-14-16-5-2-3-6-18(16)23/h2-7,12,17H,8-11,13-14H2,1H3. The van der Waals surface area contributed by atoms with Crippen molar-refractivity contribution in [1.82, 2.24) is 9.88 Å². The van der Waals surface area contributed by atoms with Crippen molar-refractivity contribution in [1.29, 1.82) is 0 Å². The van der Waals surface area contributed by atoms with Crippen LogP contribution < -0.4 is 0 Å². The van der Waals surface area contributed by atoms with Gasteiger partial charge in [0.25, 0.3) is 5.89 Å². The lowest BCUT2D eigenvalue weighted by atomic mass is 10.1. The number of nitrogens with zero attached hydrogens (tertiary/aromatic N) is 2. The smallest absolute Gasteiger partial charge is 0.263 e. The molecule has 7 heteroatoms. The van der Waals surface area contributed by atoms with Crippen LogP contribution in [0.5, 0.6) is 0 Å². The lowest BCUT2D eigenvalue weighted by molar-refractivity contribution is -0.133. The highest BCUT2D eigenvalue weighted by atomic mass is 19.1. The summed E-state index contributed by atoms with van der Waals surface area (Å²) in [6, 6.07) is 10.2. The molecule has 0 spiro atoms. The Morgan fingerprint density at radius 2 is 2.03 bits per heavy atom. The largest absolute Gasteiger partial charge is 0.459 e. The fourth-order valence-corrected chi connectivity index (χ4v) is 3.45. The summed E-state index contributed by atoms with van der Waals surface area (Å²) < 4.78 is 30.5. The molecule has 3 aromatic rings. The molecule has 4 rings (SSSR count). The van der Waals surface area contributed by atoms with Gasteiger partial charge in [0, 0.05) is 18.7 Å². The fourth-order valence-electron chi connectivity index (χ4n) is 3.45. The minimum atomic E-state index is -0.253. The second kappa shape index (κ2) is 8.61. The number of furan rings is 1. The summed E-state index contributed by atoms with van der Waals surface area (Å²) >= 11 is 0. The Labute approximate surface area is 168 Å². The number of oxazole rings is 1. The van der Waals surface area contributed by atoms with Gasteiger partial charge < -0.3 is 18.5 Å². The van der Waals surface area contributed by atoms with Crippen LogP contribution in [0.15, 0.2) is 51.5 Å². The number of aromatic nitrogens is 1. The van der Waals surface area contributed by atoms with Crippen molar-refractivity contribution in [2.75, 3.05) is 13.1 Å². The molecule has 0 atom stereocenters. The fraction of sp³-hybridized carbons (Fsp3) is 0.364. The quantitative estimate of drug-likeness (QED) is 0.624. The van der Waals surface area contributed by atoms with Gasteiger partial charge >= 0.3 is 0 Å². The summed E-state index contributed by atoms with van der Waals surface area (Å²) in [5.41, 5.74) is 1.18. The molecular formula is C22H23FN2O4. The van der Waals surface area contributed by atoms with Gasteiger partial charge in [0.2, 0.25) is 5.91 Å². The average Bonchev–Trinajstić information content (AvgIpc) is 3.38. The van der Waals surface area contributed by atoms with Crippen molar-refractivity contribution in [3.05, 3.63) is 65.5 Å². The first-order valence-electron chi connectivity index (χ1n) is 9.73. The van der Waals surface area contributed by atoms with Crippen LogP contribution in [0.4, 0.5) is 4.39 Å². The number of hydrogen-bond acceptors (Lipinski definition) is 5. The van der Waals surface area contributed by atoms with Crippen molar-refractivity contribution in [3.8, 4) is 11.7 Å². The van der Waals surface area contributed by atoms with Gasteiger partial charge in [-0.2, -0.15) is 0 Å². The first-order valence-corrected chi connectivity index (χ1v) is 9.73. The molecule has 1 amide bonds. The van der Waals surface area contributed by atoms with Crippen LogP contribution in [0, 0.1) is 12.7 Å². The molecule has 0 saturated carbocycles. The van der Waals surface area contributed by atoms with E-state index in [0.717, 1.165) is 12.8 Å². The van der Waals surface area contributed by atoms with Gasteiger partial charge in [0.1, 0.15) is 11.6 Å². The Balaban J connectivity index is 1.28. The number of hydrogen-bond donors (Lipinski definition) is 0. The Bertz CT molecular complexity index is 959. The number of ether oxygens (including phenoxy) is 1. The molecule has 29 heavy (non-hydrogen) atoms. The maximum atomic E-state index is 13.7.